The smallest absolute Gasteiger partial charge is 0.257 e. The fourth-order valence-corrected chi connectivity index (χ4v) is 5.85. The molecule has 6 rings (SSSR count). The Morgan fingerprint density at radius 3 is 2.37 bits per heavy atom. The van der Waals surface area contributed by atoms with Crippen LogP contribution in [0.3, 0.4) is 0 Å². The summed E-state index contributed by atoms with van der Waals surface area (Å²) in [6.07, 6.45) is 3.04. The van der Waals surface area contributed by atoms with E-state index in [4.69, 9.17) is 4.52 Å². The number of piperidine rings is 1. The Balaban J connectivity index is 1.19. The van der Waals surface area contributed by atoms with E-state index in [0.29, 0.717) is 43.2 Å². The van der Waals surface area contributed by atoms with Gasteiger partial charge in [-0.1, -0.05) is 59.8 Å². The van der Waals surface area contributed by atoms with Gasteiger partial charge in [0.25, 0.3) is 11.8 Å². The molecule has 1 aliphatic carbocycles. The Morgan fingerprint density at radius 2 is 1.66 bits per heavy atom. The zero-order valence-electron chi connectivity index (χ0n) is 21.4. The van der Waals surface area contributed by atoms with Crippen LogP contribution in [-0.2, 0) is 16.6 Å². The molecular weight excluding hydrogens is 476 g/mol. The average molecular weight is 507 g/mol. The highest BCUT2D eigenvalue weighted by Crippen LogP contribution is 2.39. The molecule has 0 saturated carbocycles. The minimum absolute atomic E-state index is 0.0279. The van der Waals surface area contributed by atoms with Gasteiger partial charge in [0.1, 0.15) is 0 Å². The Bertz CT molecular complexity index is 1450. The first-order valence-electron chi connectivity index (χ1n) is 13.2. The van der Waals surface area contributed by atoms with Gasteiger partial charge in [-0.25, -0.2) is 0 Å². The number of amides is 2. The lowest BCUT2D eigenvalue weighted by Gasteiger charge is -2.41. The van der Waals surface area contributed by atoms with E-state index in [1.807, 2.05) is 53.4 Å². The van der Waals surface area contributed by atoms with Gasteiger partial charge in [-0.15, -0.1) is 0 Å². The molecule has 192 valence electrons. The molecule has 0 bridgehead atoms. The molecule has 4 aromatic rings. The van der Waals surface area contributed by atoms with Gasteiger partial charge in [0.05, 0.1) is 11.5 Å². The Kier molecular flexibility index (Phi) is 6.27. The van der Waals surface area contributed by atoms with Crippen LogP contribution >= 0.6 is 0 Å². The highest BCUT2D eigenvalue weighted by molar-refractivity contribution is 5.95. The van der Waals surface area contributed by atoms with Crippen molar-refractivity contribution in [3.05, 3.63) is 107 Å². The lowest BCUT2D eigenvalue weighted by Crippen LogP contribution is -2.53. The maximum atomic E-state index is 14.0. The van der Waals surface area contributed by atoms with Crippen LogP contribution in [0.1, 0.15) is 58.2 Å². The predicted molar refractivity (Wildman–Crippen MR) is 143 cm³/mol. The van der Waals surface area contributed by atoms with Crippen molar-refractivity contribution in [1.29, 1.82) is 0 Å². The molecule has 38 heavy (non-hydrogen) atoms. The molecule has 1 saturated heterocycles. The summed E-state index contributed by atoms with van der Waals surface area (Å²) in [7, 11) is 0. The van der Waals surface area contributed by atoms with Crippen molar-refractivity contribution in [2.45, 2.75) is 44.1 Å². The van der Waals surface area contributed by atoms with Crippen molar-refractivity contribution in [3.8, 4) is 11.5 Å². The summed E-state index contributed by atoms with van der Waals surface area (Å²) in [6.45, 7) is 2.78. The molecule has 0 unspecified atom stereocenters. The largest absolute Gasteiger partial charge is 0.349 e. The fourth-order valence-electron chi connectivity index (χ4n) is 5.85. The van der Waals surface area contributed by atoms with Crippen LogP contribution in [0.15, 0.2) is 83.4 Å². The van der Waals surface area contributed by atoms with E-state index in [1.165, 1.54) is 11.1 Å². The van der Waals surface area contributed by atoms with Gasteiger partial charge < -0.3 is 14.7 Å². The van der Waals surface area contributed by atoms with E-state index in [1.54, 1.807) is 19.1 Å². The SMILES string of the molecule is Cc1noc(-c2ccc(C(=O)N3CCC(C(=O)N[C@H]4CCc5ccccc54)(c4ccccc4)CC3)cc2)n1. The number of likely N-dealkylation sites (tertiary alicyclic amines) is 1. The molecule has 7 nitrogen and oxygen atoms in total. The van der Waals surface area contributed by atoms with Crippen LogP contribution < -0.4 is 5.32 Å². The molecule has 7 heteroatoms. The lowest BCUT2D eigenvalue weighted by molar-refractivity contribution is -0.129. The van der Waals surface area contributed by atoms with Gasteiger partial charge in [0.2, 0.25) is 5.91 Å². The van der Waals surface area contributed by atoms with Crippen LogP contribution in [0, 0.1) is 6.92 Å². The molecule has 1 aliphatic heterocycles. The summed E-state index contributed by atoms with van der Waals surface area (Å²) in [5, 5.41) is 7.21. The summed E-state index contributed by atoms with van der Waals surface area (Å²) >= 11 is 0. The molecule has 3 aromatic carbocycles. The minimum Gasteiger partial charge on any atom is -0.349 e. The standard InChI is InChI=1S/C31H30N4O3/c1-21-32-28(38-34-21)23-11-13-24(14-12-23)29(36)35-19-17-31(18-20-35,25-8-3-2-4-9-25)30(37)33-27-16-15-22-7-5-6-10-26(22)27/h2-14,27H,15-20H2,1H3,(H,33,37)/t27-/m0/s1. The van der Waals surface area contributed by atoms with Crippen molar-refractivity contribution in [1.82, 2.24) is 20.4 Å². The number of benzene rings is 3. The molecule has 1 N–H and O–H groups in total. The van der Waals surface area contributed by atoms with Crippen LogP contribution in [0.2, 0.25) is 0 Å². The first-order chi connectivity index (χ1) is 18.5. The number of aromatic nitrogens is 2. The number of rotatable bonds is 5. The maximum absolute atomic E-state index is 14.0. The lowest BCUT2D eigenvalue weighted by atomic mass is 9.71. The van der Waals surface area contributed by atoms with Gasteiger partial charge >= 0.3 is 0 Å². The van der Waals surface area contributed by atoms with E-state index in [0.717, 1.165) is 24.0 Å². The van der Waals surface area contributed by atoms with E-state index < -0.39 is 5.41 Å². The summed E-state index contributed by atoms with van der Waals surface area (Å²) in [6, 6.07) is 25.6. The molecular formula is C31H30N4O3. The van der Waals surface area contributed by atoms with Gasteiger partial charge in [-0.05, 0) is 73.6 Å². The monoisotopic (exact) mass is 506 g/mol. The number of fused-ring (bicyclic) bond motifs is 1. The van der Waals surface area contributed by atoms with E-state index >= 15 is 0 Å². The number of nitrogens with one attached hydrogen (secondary N) is 1. The summed E-state index contributed by atoms with van der Waals surface area (Å²) in [5.41, 5.74) is 4.24. The topological polar surface area (TPSA) is 88.3 Å². The third kappa shape index (κ3) is 4.38. The predicted octanol–water partition coefficient (Wildman–Crippen LogP) is 5.02. The molecule has 2 aliphatic rings. The maximum Gasteiger partial charge on any atom is 0.257 e. The first kappa shape index (κ1) is 24.1. The van der Waals surface area contributed by atoms with Crippen LogP contribution in [0.5, 0.6) is 0 Å². The van der Waals surface area contributed by atoms with Gasteiger partial charge in [-0.3, -0.25) is 9.59 Å². The molecule has 1 aromatic heterocycles. The van der Waals surface area contributed by atoms with Gasteiger partial charge in [0, 0.05) is 24.2 Å². The number of hydrogen-bond acceptors (Lipinski definition) is 5. The second-order valence-corrected chi connectivity index (χ2v) is 10.2. The zero-order chi connectivity index (χ0) is 26.1. The van der Waals surface area contributed by atoms with Crippen molar-refractivity contribution in [2.24, 2.45) is 0 Å². The summed E-state index contributed by atoms with van der Waals surface area (Å²) < 4.78 is 5.23. The van der Waals surface area contributed by atoms with Crippen LogP contribution in [-0.4, -0.2) is 39.9 Å². The van der Waals surface area contributed by atoms with E-state index in [-0.39, 0.29) is 17.9 Å². The van der Waals surface area contributed by atoms with Crippen molar-refractivity contribution >= 4 is 11.8 Å². The number of aryl methyl sites for hydroxylation is 2. The zero-order valence-corrected chi connectivity index (χ0v) is 21.4. The fraction of sp³-hybridized carbons (Fsp3) is 0.290. The van der Waals surface area contributed by atoms with Gasteiger partial charge in [0.15, 0.2) is 5.82 Å². The molecule has 1 atom stereocenters. The Labute approximate surface area is 221 Å². The molecule has 0 radical (unpaired) electrons. The Hall–Kier alpha value is -4.26. The highest BCUT2D eigenvalue weighted by atomic mass is 16.5. The van der Waals surface area contributed by atoms with E-state index in [2.05, 4.69) is 33.7 Å². The van der Waals surface area contributed by atoms with E-state index in [9.17, 15) is 9.59 Å². The van der Waals surface area contributed by atoms with Crippen molar-refractivity contribution in [3.63, 3.8) is 0 Å². The molecule has 2 heterocycles. The van der Waals surface area contributed by atoms with Crippen molar-refractivity contribution in [2.75, 3.05) is 13.1 Å². The molecule has 0 spiro atoms. The average Bonchev–Trinajstić information content (AvgIpc) is 3.59. The number of nitrogens with zero attached hydrogens (tertiary/aromatic N) is 3. The number of carbonyl (C=O) groups is 2. The summed E-state index contributed by atoms with van der Waals surface area (Å²) in [4.78, 5) is 33.4. The number of hydrogen-bond donors (Lipinski definition) is 1. The first-order valence-corrected chi connectivity index (χ1v) is 13.2. The summed E-state index contributed by atoms with van der Waals surface area (Å²) in [5.74, 6) is 1.02. The van der Waals surface area contributed by atoms with Crippen LogP contribution in [0.4, 0.5) is 0 Å². The van der Waals surface area contributed by atoms with Crippen LogP contribution in [0.25, 0.3) is 11.5 Å². The number of carbonyl (C=O) groups excluding carboxylic acids is 2. The molecule has 1 fully saturated rings. The molecule has 2 amide bonds. The second-order valence-electron chi connectivity index (χ2n) is 10.2. The highest BCUT2D eigenvalue weighted by Gasteiger charge is 2.44. The van der Waals surface area contributed by atoms with Crippen molar-refractivity contribution < 1.29 is 14.1 Å². The quantitative estimate of drug-likeness (QED) is 0.411. The third-order valence-corrected chi connectivity index (χ3v) is 8.01. The van der Waals surface area contributed by atoms with Gasteiger partial charge in [-0.2, -0.15) is 4.98 Å². The third-order valence-electron chi connectivity index (χ3n) is 8.01. The Morgan fingerprint density at radius 1 is 0.947 bits per heavy atom. The minimum atomic E-state index is -0.671. The second kappa shape index (κ2) is 9.89. The normalized spacial score (nSPS) is 18.1.